The van der Waals surface area contributed by atoms with Crippen molar-refractivity contribution in [3.63, 3.8) is 0 Å². The molecule has 1 aliphatic heterocycles. The summed E-state index contributed by atoms with van der Waals surface area (Å²) in [5.74, 6) is 0.191. The molecule has 7 nitrogen and oxygen atoms in total. The summed E-state index contributed by atoms with van der Waals surface area (Å²) in [4.78, 5) is 25.4. The lowest BCUT2D eigenvalue weighted by atomic mass is 10.2. The van der Waals surface area contributed by atoms with Gasteiger partial charge in [-0.3, -0.25) is 9.59 Å². The number of benzene rings is 1. The van der Waals surface area contributed by atoms with E-state index in [-0.39, 0.29) is 24.1 Å². The number of nitrogens with zero attached hydrogens (tertiary/aromatic N) is 3. The molecule has 3 rings (SSSR count). The predicted molar refractivity (Wildman–Crippen MR) is 77.8 cm³/mol. The number of carbonyl (C=O) groups excluding carboxylic acids is 2. The van der Waals surface area contributed by atoms with Crippen molar-refractivity contribution < 1.29 is 14.3 Å². The number of anilines is 2. The lowest BCUT2D eigenvalue weighted by Gasteiger charge is -2.28. The van der Waals surface area contributed by atoms with E-state index in [1.807, 2.05) is 6.92 Å². The van der Waals surface area contributed by atoms with Gasteiger partial charge in [-0.1, -0.05) is 4.49 Å². The minimum atomic E-state index is -0.338. The van der Waals surface area contributed by atoms with Gasteiger partial charge in [0.25, 0.3) is 11.8 Å². The molecule has 0 spiro atoms. The van der Waals surface area contributed by atoms with Crippen LogP contribution in [0.3, 0.4) is 0 Å². The lowest BCUT2D eigenvalue weighted by Crippen LogP contribution is -2.38. The van der Waals surface area contributed by atoms with Crippen LogP contribution in [0.1, 0.15) is 17.4 Å². The smallest absolute Gasteiger partial charge is 0.277 e. The van der Waals surface area contributed by atoms with Crippen molar-refractivity contribution in [1.29, 1.82) is 0 Å². The molecule has 2 heterocycles. The van der Waals surface area contributed by atoms with Gasteiger partial charge in [0.2, 0.25) is 0 Å². The van der Waals surface area contributed by atoms with Gasteiger partial charge in [-0.05, 0) is 36.7 Å². The molecule has 8 heteroatoms. The maximum absolute atomic E-state index is 11.9. The van der Waals surface area contributed by atoms with Crippen LogP contribution >= 0.6 is 11.5 Å². The van der Waals surface area contributed by atoms with Crippen molar-refractivity contribution in [2.45, 2.75) is 6.92 Å². The highest BCUT2D eigenvalue weighted by atomic mass is 32.1. The molecular weight excluding hydrogens is 292 g/mol. The number of hydrogen-bond donors (Lipinski definition) is 1. The minimum absolute atomic E-state index is 0.0387. The van der Waals surface area contributed by atoms with E-state index in [9.17, 15) is 9.59 Å². The fourth-order valence-electron chi connectivity index (χ4n) is 2.09. The Balaban J connectivity index is 1.87. The number of amides is 2. The molecule has 21 heavy (non-hydrogen) atoms. The zero-order valence-electron chi connectivity index (χ0n) is 11.2. The first-order chi connectivity index (χ1) is 10.2. The van der Waals surface area contributed by atoms with Crippen LogP contribution in [-0.2, 0) is 4.79 Å². The van der Waals surface area contributed by atoms with Gasteiger partial charge in [-0.15, -0.1) is 5.10 Å². The molecule has 0 radical (unpaired) electrons. The van der Waals surface area contributed by atoms with Crippen LogP contribution in [0.5, 0.6) is 5.75 Å². The average Bonchev–Trinajstić information content (AvgIpc) is 3.01. The van der Waals surface area contributed by atoms with E-state index in [0.717, 1.165) is 11.5 Å². The van der Waals surface area contributed by atoms with Gasteiger partial charge in [-0.2, -0.15) is 0 Å². The maximum atomic E-state index is 11.9. The largest absolute Gasteiger partial charge is 0.482 e. The average molecular weight is 304 g/mol. The Hall–Kier alpha value is -2.48. The Labute approximate surface area is 124 Å². The number of likely N-dealkylation sites (N-methyl/N-ethyl adjacent to an activating group) is 1. The van der Waals surface area contributed by atoms with Crippen molar-refractivity contribution in [2.75, 3.05) is 23.4 Å². The Morgan fingerprint density at radius 2 is 2.38 bits per heavy atom. The maximum Gasteiger partial charge on any atom is 0.277 e. The first-order valence-corrected chi connectivity index (χ1v) is 7.18. The summed E-state index contributed by atoms with van der Waals surface area (Å²) in [7, 11) is 0. The molecule has 1 aromatic carbocycles. The quantitative estimate of drug-likeness (QED) is 0.929. The highest BCUT2D eigenvalue weighted by Crippen LogP contribution is 2.34. The van der Waals surface area contributed by atoms with Crippen molar-refractivity contribution in [1.82, 2.24) is 9.59 Å². The van der Waals surface area contributed by atoms with E-state index in [0.29, 0.717) is 23.7 Å². The first-order valence-electron chi connectivity index (χ1n) is 6.34. The molecule has 2 amide bonds. The molecular formula is C13H12N4O3S. The number of carbonyl (C=O) groups is 2. The number of nitrogens with one attached hydrogen (secondary N) is 1. The van der Waals surface area contributed by atoms with Crippen molar-refractivity contribution in [3.05, 3.63) is 29.3 Å². The summed E-state index contributed by atoms with van der Waals surface area (Å²) in [5.41, 5.74) is 1.49. The summed E-state index contributed by atoms with van der Waals surface area (Å²) < 4.78 is 9.02. The van der Waals surface area contributed by atoms with Crippen LogP contribution in [0.25, 0.3) is 0 Å². The molecule has 0 fully saturated rings. The van der Waals surface area contributed by atoms with Gasteiger partial charge in [0.05, 0.1) is 5.69 Å². The normalized spacial score (nSPS) is 13.6. The highest BCUT2D eigenvalue weighted by Gasteiger charge is 2.24. The fourth-order valence-corrected chi connectivity index (χ4v) is 2.52. The number of fused-ring (bicyclic) bond motifs is 1. The third-order valence-electron chi connectivity index (χ3n) is 3.07. The molecule has 1 aliphatic rings. The van der Waals surface area contributed by atoms with Gasteiger partial charge in [-0.25, -0.2) is 0 Å². The summed E-state index contributed by atoms with van der Waals surface area (Å²) in [6.45, 7) is 2.47. The van der Waals surface area contributed by atoms with E-state index < -0.39 is 0 Å². The van der Waals surface area contributed by atoms with Gasteiger partial charge >= 0.3 is 0 Å². The van der Waals surface area contributed by atoms with Gasteiger partial charge in [0, 0.05) is 17.6 Å². The minimum Gasteiger partial charge on any atom is -0.482 e. The van der Waals surface area contributed by atoms with Crippen LogP contribution in [-0.4, -0.2) is 34.6 Å². The molecule has 108 valence electrons. The van der Waals surface area contributed by atoms with Crippen molar-refractivity contribution >= 4 is 34.7 Å². The van der Waals surface area contributed by atoms with Crippen LogP contribution in [0.15, 0.2) is 23.6 Å². The summed E-state index contributed by atoms with van der Waals surface area (Å²) in [6.07, 6.45) is 0. The monoisotopic (exact) mass is 304 g/mol. The molecule has 0 aliphatic carbocycles. The van der Waals surface area contributed by atoms with Crippen LogP contribution in [0.4, 0.5) is 11.4 Å². The van der Waals surface area contributed by atoms with Gasteiger partial charge < -0.3 is 15.0 Å². The van der Waals surface area contributed by atoms with Crippen molar-refractivity contribution in [3.8, 4) is 5.75 Å². The number of aromatic nitrogens is 2. The summed E-state index contributed by atoms with van der Waals surface area (Å²) in [6, 6.07) is 5.17. The van der Waals surface area contributed by atoms with Crippen LogP contribution < -0.4 is 15.0 Å². The SMILES string of the molecule is CCN1C(=O)COc2ccc(NC(=O)c3csnn3)cc21. The fraction of sp³-hybridized carbons (Fsp3) is 0.231. The van der Waals surface area contributed by atoms with Crippen LogP contribution in [0.2, 0.25) is 0 Å². The van der Waals surface area contributed by atoms with E-state index >= 15 is 0 Å². The lowest BCUT2D eigenvalue weighted by molar-refractivity contribution is -0.121. The van der Waals surface area contributed by atoms with E-state index in [4.69, 9.17) is 4.74 Å². The predicted octanol–water partition coefficient (Wildman–Crippen LogP) is 1.54. The number of rotatable bonds is 3. The van der Waals surface area contributed by atoms with Gasteiger partial charge in [0.1, 0.15) is 5.75 Å². The zero-order chi connectivity index (χ0) is 14.8. The Morgan fingerprint density at radius 1 is 1.52 bits per heavy atom. The molecule has 0 saturated heterocycles. The van der Waals surface area contributed by atoms with E-state index in [1.54, 1.807) is 28.5 Å². The standard InChI is InChI=1S/C13H12N4O3S/c1-2-17-10-5-8(3-4-11(10)20-6-12(17)18)14-13(19)9-7-21-16-15-9/h3-5,7H,2,6H2,1H3,(H,14,19). The molecule has 0 unspecified atom stereocenters. The topological polar surface area (TPSA) is 84.4 Å². The van der Waals surface area contributed by atoms with Crippen molar-refractivity contribution in [2.24, 2.45) is 0 Å². The molecule has 1 N–H and O–H groups in total. The number of hydrogen-bond acceptors (Lipinski definition) is 6. The third kappa shape index (κ3) is 2.57. The molecule has 2 aromatic rings. The van der Waals surface area contributed by atoms with E-state index in [2.05, 4.69) is 14.9 Å². The van der Waals surface area contributed by atoms with E-state index in [1.165, 1.54) is 0 Å². The number of ether oxygens (including phenoxy) is 1. The first kappa shape index (κ1) is 13.5. The Bertz CT molecular complexity index is 687. The summed E-state index contributed by atoms with van der Waals surface area (Å²) >= 11 is 1.11. The second kappa shape index (κ2) is 5.49. The second-order valence-corrected chi connectivity index (χ2v) is 4.96. The third-order valence-corrected chi connectivity index (χ3v) is 3.57. The molecule has 0 saturated carbocycles. The second-order valence-electron chi connectivity index (χ2n) is 4.35. The Kier molecular flexibility index (Phi) is 3.53. The van der Waals surface area contributed by atoms with Gasteiger partial charge in [0.15, 0.2) is 12.3 Å². The molecule has 0 bridgehead atoms. The zero-order valence-corrected chi connectivity index (χ0v) is 12.0. The van der Waals surface area contributed by atoms with Crippen LogP contribution in [0, 0.1) is 0 Å². The summed E-state index contributed by atoms with van der Waals surface area (Å²) in [5, 5.41) is 8.00. The highest BCUT2D eigenvalue weighted by molar-refractivity contribution is 7.03. The molecule has 0 atom stereocenters. The Morgan fingerprint density at radius 3 is 3.10 bits per heavy atom. The molecule has 1 aromatic heterocycles.